The zero-order valence-corrected chi connectivity index (χ0v) is 12.7. The molecule has 1 heterocycles. The second-order valence-electron chi connectivity index (χ2n) is 5.94. The maximum absolute atomic E-state index is 3.62. The van der Waals surface area contributed by atoms with Crippen LogP contribution in [0.4, 0.5) is 0 Å². The number of unbranched alkanes of at least 4 members (excludes halogenated alkanes) is 5. The molecular formula is C16H34N2. The largest absolute Gasteiger partial charge is 0.317 e. The molecule has 2 nitrogen and oxygen atoms in total. The average molecular weight is 254 g/mol. The monoisotopic (exact) mass is 254 g/mol. The fourth-order valence-corrected chi connectivity index (χ4v) is 2.93. The van der Waals surface area contributed by atoms with Crippen molar-refractivity contribution in [2.24, 2.45) is 0 Å². The summed E-state index contributed by atoms with van der Waals surface area (Å²) in [6.07, 6.45) is 14.0. The van der Waals surface area contributed by atoms with Gasteiger partial charge in [0.1, 0.15) is 0 Å². The third-order valence-electron chi connectivity index (χ3n) is 4.28. The predicted molar refractivity (Wildman–Crippen MR) is 81.1 cm³/mol. The van der Waals surface area contributed by atoms with Crippen molar-refractivity contribution in [3.05, 3.63) is 0 Å². The second-order valence-corrected chi connectivity index (χ2v) is 5.94. The smallest absolute Gasteiger partial charge is 0.0104 e. The van der Waals surface area contributed by atoms with Crippen molar-refractivity contribution in [3.8, 4) is 0 Å². The number of nitrogens with one attached hydrogen (secondary N) is 1. The first-order valence-electron chi connectivity index (χ1n) is 8.25. The van der Waals surface area contributed by atoms with E-state index in [0.29, 0.717) is 0 Å². The molecule has 1 saturated heterocycles. The van der Waals surface area contributed by atoms with E-state index in [1.807, 2.05) is 0 Å². The molecule has 0 aromatic heterocycles. The Morgan fingerprint density at radius 2 is 1.78 bits per heavy atom. The predicted octanol–water partition coefficient (Wildman–Crippen LogP) is 3.81. The molecule has 1 rings (SSSR count). The maximum atomic E-state index is 3.62. The fourth-order valence-electron chi connectivity index (χ4n) is 2.93. The molecule has 0 aromatic carbocycles. The first-order valence-corrected chi connectivity index (χ1v) is 8.25. The van der Waals surface area contributed by atoms with E-state index in [1.54, 1.807) is 0 Å². The molecule has 0 radical (unpaired) electrons. The Bertz CT molecular complexity index is 182. The van der Waals surface area contributed by atoms with Crippen molar-refractivity contribution in [2.45, 2.75) is 77.2 Å². The third kappa shape index (κ3) is 7.38. The van der Waals surface area contributed by atoms with E-state index in [4.69, 9.17) is 0 Å². The van der Waals surface area contributed by atoms with E-state index in [9.17, 15) is 0 Å². The van der Waals surface area contributed by atoms with Gasteiger partial charge in [-0.2, -0.15) is 0 Å². The number of rotatable bonds is 10. The molecule has 18 heavy (non-hydrogen) atoms. The SMILES string of the molecule is CCCCCCCCNCCC1CCCCN1C. The number of piperidine rings is 1. The van der Waals surface area contributed by atoms with Gasteiger partial charge in [0.05, 0.1) is 0 Å². The van der Waals surface area contributed by atoms with E-state index in [2.05, 4.69) is 24.2 Å². The molecule has 0 aliphatic carbocycles. The van der Waals surface area contributed by atoms with Gasteiger partial charge in [0.25, 0.3) is 0 Å². The van der Waals surface area contributed by atoms with Gasteiger partial charge in [-0.3, -0.25) is 0 Å². The summed E-state index contributed by atoms with van der Waals surface area (Å²) in [5, 5.41) is 3.62. The lowest BCUT2D eigenvalue weighted by atomic mass is 10.0. The lowest BCUT2D eigenvalue weighted by Gasteiger charge is -2.32. The summed E-state index contributed by atoms with van der Waals surface area (Å²) < 4.78 is 0. The van der Waals surface area contributed by atoms with Crippen molar-refractivity contribution in [1.29, 1.82) is 0 Å². The molecule has 1 atom stereocenters. The van der Waals surface area contributed by atoms with Crippen molar-refractivity contribution in [3.63, 3.8) is 0 Å². The Labute approximate surface area is 115 Å². The molecule has 0 aromatic rings. The normalized spacial score (nSPS) is 21.3. The molecule has 0 bridgehead atoms. The van der Waals surface area contributed by atoms with Crippen LogP contribution >= 0.6 is 0 Å². The minimum absolute atomic E-state index is 0.843. The lowest BCUT2D eigenvalue weighted by molar-refractivity contribution is 0.175. The molecular weight excluding hydrogens is 220 g/mol. The van der Waals surface area contributed by atoms with Crippen LogP contribution in [0, 0.1) is 0 Å². The topological polar surface area (TPSA) is 15.3 Å². The molecule has 0 spiro atoms. The molecule has 2 heteroatoms. The van der Waals surface area contributed by atoms with Gasteiger partial charge in [-0.1, -0.05) is 45.4 Å². The number of hydrogen-bond acceptors (Lipinski definition) is 2. The molecule has 0 saturated carbocycles. The lowest BCUT2D eigenvalue weighted by Crippen LogP contribution is -2.38. The number of nitrogens with zero attached hydrogens (tertiary/aromatic N) is 1. The van der Waals surface area contributed by atoms with Gasteiger partial charge in [0.2, 0.25) is 0 Å². The van der Waals surface area contributed by atoms with E-state index < -0.39 is 0 Å². The number of hydrogen-bond donors (Lipinski definition) is 1. The summed E-state index contributed by atoms with van der Waals surface area (Å²) in [5.74, 6) is 0. The van der Waals surface area contributed by atoms with Crippen molar-refractivity contribution in [1.82, 2.24) is 10.2 Å². The highest BCUT2D eigenvalue weighted by atomic mass is 15.1. The van der Waals surface area contributed by atoms with Crippen LogP contribution in [0.2, 0.25) is 0 Å². The van der Waals surface area contributed by atoms with Crippen LogP contribution in [-0.4, -0.2) is 37.6 Å². The van der Waals surface area contributed by atoms with Crippen LogP contribution in [0.15, 0.2) is 0 Å². The van der Waals surface area contributed by atoms with E-state index >= 15 is 0 Å². The maximum Gasteiger partial charge on any atom is 0.0104 e. The summed E-state index contributed by atoms with van der Waals surface area (Å²) in [6.45, 7) is 6.03. The summed E-state index contributed by atoms with van der Waals surface area (Å²) >= 11 is 0. The molecule has 0 amide bonds. The minimum Gasteiger partial charge on any atom is -0.317 e. The van der Waals surface area contributed by atoms with Crippen LogP contribution in [0.3, 0.4) is 0 Å². The van der Waals surface area contributed by atoms with Crippen LogP contribution in [0.1, 0.15) is 71.1 Å². The Morgan fingerprint density at radius 1 is 1.00 bits per heavy atom. The minimum atomic E-state index is 0.843. The Hall–Kier alpha value is -0.0800. The van der Waals surface area contributed by atoms with Crippen molar-refractivity contribution < 1.29 is 0 Å². The van der Waals surface area contributed by atoms with Crippen molar-refractivity contribution in [2.75, 3.05) is 26.7 Å². The molecule has 108 valence electrons. The Balaban J connectivity index is 1.83. The Morgan fingerprint density at radius 3 is 2.56 bits per heavy atom. The van der Waals surface area contributed by atoms with Crippen LogP contribution in [-0.2, 0) is 0 Å². The van der Waals surface area contributed by atoms with E-state index in [-0.39, 0.29) is 0 Å². The highest BCUT2D eigenvalue weighted by Gasteiger charge is 2.17. The fraction of sp³-hybridized carbons (Fsp3) is 1.00. The summed E-state index contributed by atoms with van der Waals surface area (Å²) in [6, 6.07) is 0.843. The molecule has 1 aliphatic rings. The van der Waals surface area contributed by atoms with Gasteiger partial charge in [-0.05, 0) is 52.4 Å². The van der Waals surface area contributed by atoms with Crippen LogP contribution < -0.4 is 5.32 Å². The highest BCUT2D eigenvalue weighted by molar-refractivity contribution is 4.74. The number of likely N-dealkylation sites (tertiary alicyclic amines) is 1. The zero-order chi connectivity index (χ0) is 13.1. The van der Waals surface area contributed by atoms with Gasteiger partial charge in [0, 0.05) is 6.04 Å². The second kappa shape index (κ2) is 10.8. The standard InChI is InChI=1S/C16H34N2/c1-3-4-5-6-7-9-13-17-14-12-16-11-8-10-15-18(16)2/h16-17H,3-15H2,1-2H3. The first-order chi connectivity index (χ1) is 8.84. The zero-order valence-electron chi connectivity index (χ0n) is 12.7. The first kappa shape index (κ1) is 16.0. The molecule has 1 fully saturated rings. The van der Waals surface area contributed by atoms with Gasteiger partial charge >= 0.3 is 0 Å². The van der Waals surface area contributed by atoms with E-state index in [1.165, 1.54) is 83.8 Å². The average Bonchev–Trinajstić information content (AvgIpc) is 2.39. The summed E-state index contributed by atoms with van der Waals surface area (Å²) in [4.78, 5) is 2.55. The van der Waals surface area contributed by atoms with E-state index in [0.717, 1.165) is 6.04 Å². The third-order valence-corrected chi connectivity index (χ3v) is 4.28. The Kier molecular flexibility index (Phi) is 9.59. The van der Waals surface area contributed by atoms with Gasteiger partial charge in [-0.15, -0.1) is 0 Å². The summed E-state index contributed by atoms with van der Waals surface area (Å²) in [5.41, 5.74) is 0. The van der Waals surface area contributed by atoms with Crippen LogP contribution in [0.5, 0.6) is 0 Å². The van der Waals surface area contributed by atoms with Gasteiger partial charge in [-0.25, -0.2) is 0 Å². The quantitative estimate of drug-likeness (QED) is 0.596. The molecule has 1 unspecified atom stereocenters. The summed E-state index contributed by atoms with van der Waals surface area (Å²) in [7, 11) is 2.29. The van der Waals surface area contributed by atoms with Crippen molar-refractivity contribution >= 4 is 0 Å². The van der Waals surface area contributed by atoms with Gasteiger partial charge < -0.3 is 10.2 Å². The highest BCUT2D eigenvalue weighted by Crippen LogP contribution is 2.17. The molecule has 1 N–H and O–H groups in total. The van der Waals surface area contributed by atoms with Gasteiger partial charge in [0.15, 0.2) is 0 Å². The molecule has 1 aliphatic heterocycles. The van der Waals surface area contributed by atoms with Crippen LogP contribution in [0.25, 0.3) is 0 Å².